The van der Waals surface area contributed by atoms with E-state index >= 15 is 0 Å². The highest BCUT2D eigenvalue weighted by molar-refractivity contribution is 6.30. The number of nitrogens with zero attached hydrogens (tertiary/aromatic N) is 4. The molecule has 0 N–H and O–H groups in total. The summed E-state index contributed by atoms with van der Waals surface area (Å²) in [4.78, 5) is 24.6. The minimum absolute atomic E-state index is 0.0448. The lowest BCUT2D eigenvalue weighted by molar-refractivity contribution is -0.145. The summed E-state index contributed by atoms with van der Waals surface area (Å²) in [6, 6.07) is 12.9. The second-order valence-electron chi connectivity index (χ2n) is 9.99. The van der Waals surface area contributed by atoms with Gasteiger partial charge in [-0.1, -0.05) is 37.4 Å². The Morgan fingerprint density at radius 1 is 0.919 bits per heavy atom. The van der Waals surface area contributed by atoms with Crippen LogP contribution in [-0.2, 0) is 12.4 Å². The van der Waals surface area contributed by atoms with Crippen molar-refractivity contribution in [3.8, 4) is 11.5 Å². The monoisotopic (exact) mass is 524 g/mol. The van der Waals surface area contributed by atoms with Crippen molar-refractivity contribution in [3.05, 3.63) is 63.7 Å². The van der Waals surface area contributed by atoms with Crippen molar-refractivity contribution in [2.75, 3.05) is 33.3 Å². The molecule has 0 unspecified atom stereocenters. The molecule has 0 amide bonds. The van der Waals surface area contributed by atoms with E-state index in [1.165, 1.54) is 12.8 Å². The largest absolute Gasteiger partial charge is 0.494 e. The molecule has 2 saturated heterocycles. The Morgan fingerprint density at radius 3 is 2.11 bits per heavy atom. The minimum Gasteiger partial charge on any atom is -0.494 e. The number of methoxy groups -OCH3 is 1. The molecule has 8 heteroatoms. The minimum atomic E-state index is -0.596. The molecule has 2 aromatic carbocycles. The lowest BCUT2D eigenvalue weighted by Crippen LogP contribution is -2.66. The van der Waals surface area contributed by atoms with Crippen LogP contribution in [0.2, 0.25) is 5.02 Å². The van der Waals surface area contributed by atoms with Gasteiger partial charge in [0.1, 0.15) is 23.6 Å². The highest BCUT2D eigenvalue weighted by Gasteiger charge is 2.46. The fourth-order valence-electron chi connectivity index (χ4n) is 6.13. The van der Waals surface area contributed by atoms with Gasteiger partial charge in [-0.05, 0) is 68.5 Å². The van der Waals surface area contributed by atoms with Crippen molar-refractivity contribution in [2.24, 2.45) is 0 Å². The number of likely N-dealkylation sites (tertiary alicyclic amines) is 2. The molecule has 0 bridgehead atoms. The maximum atomic E-state index is 14.5. The van der Waals surface area contributed by atoms with Gasteiger partial charge in [-0.2, -0.15) is 0 Å². The van der Waals surface area contributed by atoms with Crippen LogP contribution in [0.25, 0.3) is 10.9 Å². The molecule has 1 aromatic heterocycles. The van der Waals surface area contributed by atoms with Crippen LogP contribution in [0.5, 0.6) is 11.5 Å². The molecule has 5 rings (SSSR count). The highest BCUT2D eigenvalue weighted by Crippen LogP contribution is 2.36. The van der Waals surface area contributed by atoms with E-state index in [0.717, 1.165) is 58.3 Å². The number of rotatable bonds is 8. The van der Waals surface area contributed by atoms with Crippen molar-refractivity contribution in [1.29, 1.82) is 0 Å². The molecule has 0 aliphatic carbocycles. The number of aromatic nitrogens is 2. The Morgan fingerprint density at radius 2 is 1.54 bits per heavy atom. The second kappa shape index (κ2) is 11.4. The standard InChI is InChI=1S/C29H37ClN4O3/c1-3-29(32-17-6-4-7-18-32,33-19-8-5-9-20-33)34-26(21-37-23-15-13-22(30)14-16-23)31-27-24(28(34)35)11-10-12-25(27)36-2/h10-16H,3-9,17-21H2,1-2H3. The average molecular weight is 525 g/mol. The summed E-state index contributed by atoms with van der Waals surface area (Å²) in [5, 5.41) is 1.22. The topological polar surface area (TPSA) is 59.8 Å². The third kappa shape index (κ3) is 4.97. The van der Waals surface area contributed by atoms with E-state index in [-0.39, 0.29) is 12.2 Å². The van der Waals surface area contributed by atoms with Gasteiger partial charge in [-0.15, -0.1) is 0 Å². The predicted octanol–water partition coefficient (Wildman–Crippen LogP) is 5.63. The van der Waals surface area contributed by atoms with E-state index in [9.17, 15) is 4.79 Å². The molecule has 7 nitrogen and oxygen atoms in total. The fourth-order valence-corrected chi connectivity index (χ4v) is 6.25. The molecule has 0 radical (unpaired) electrons. The zero-order chi connectivity index (χ0) is 25.8. The first-order valence-corrected chi connectivity index (χ1v) is 13.9. The third-order valence-electron chi connectivity index (χ3n) is 7.89. The van der Waals surface area contributed by atoms with Gasteiger partial charge in [0.15, 0.2) is 11.6 Å². The first-order valence-electron chi connectivity index (χ1n) is 13.6. The SMILES string of the molecule is CCC(N1CCCCC1)(N1CCCCC1)n1c(COc2ccc(Cl)cc2)nc2c(OC)cccc2c1=O. The molecule has 37 heavy (non-hydrogen) atoms. The maximum absolute atomic E-state index is 14.5. The number of para-hydroxylation sites is 1. The van der Waals surface area contributed by atoms with Gasteiger partial charge in [0.25, 0.3) is 5.56 Å². The Labute approximate surface area is 223 Å². The zero-order valence-corrected chi connectivity index (χ0v) is 22.7. The van der Waals surface area contributed by atoms with Crippen LogP contribution in [0, 0.1) is 0 Å². The first kappa shape index (κ1) is 26.0. The third-order valence-corrected chi connectivity index (χ3v) is 8.14. The summed E-state index contributed by atoms with van der Waals surface area (Å²) < 4.78 is 13.8. The molecule has 3 aromatic rings. The van der Waals surface area contributed by atoms with E-state index in [0.29, 0.717) is 33.2 Å². The first-order chi connectivity index (χ1) is 18.1. The maximum Gasteiger partial charge on any atom is 0.264 e. The van der Waals surface area contributed by atoms with Gasteiger partial charge >= 0.3 is 0 Å². The molecule has 2 fully saturated rings. The van der Waals surface area contributed by atoms with E-state index in [2.05, 4.69) is 16.7 Å². The molecular formula is C29H37ClN4O3. The number of piperidine rings is 2. The summed E-state index contributed by atoms with van der Waals surface area (Å²) in [7, 11) is 1.61. The molecule has 0 atom stereocenters. The van der Waals surface area contributed by atoms with Crippen LogP contribution >= 0.6 is 11.6 Å². The Bertz CT molecular complexity index is 1250. The summed E-state index contributed by atoms with van der Waals surface area (Å²) >= 11 is 6.09. The van der Waals surface area contributed by atoms with Gasteiger partial charge in [-0.25, -0.2) is 4.98 Å². The molecule has 0 saturated carbocycles. The Hall–Kier alpha value is -2.61. The lowest BCUT2D eigenvalue weighted by Gasteiger charge is -2.54. The molecule has 2 aliphatic rings. The molecule has 0 spiro atoms. The van der Waals surface area contributed by atoms with Gasteiger partial charge in [0.05, 0.1) is 12.5 Å². The number of hydrogen-bond acceptors (Lipinski definition) is 6. The van der Waals surface area contributed by atoms with Crippen LogP contribution in [0.1, 0.15) is 57.7 Å². The normalized spacial score (nSPS) is 17.7. The van der Waals surface area contributed by atoms with Crippen LogP contribution in [0.4, 0.5) is 0 Å². The predicted molar refractivity (Wildman–Crippen MR) is 147 cm³/mol. The van der Waals surface area contributed by atoms with E-state index in [1.54, 1.807) is 19.2 Å². The number of hydrogen-bond donors (Lipinski definition) is 0. The van der Waals surface area contributed by atoms with Crippen LogP contribution in [-0.4, -0.2) is 52.6 Å². The number of halogens is 1. The van der Waals surface area contributed by atoms with Crippen LogP contribution < -0.4 is 15.0 Å². The summed E-state index contributed by atoms with van der Waals surface area (Å²) in [5.41, 5.74) is 0.528. The molecule has 2 aliphatic heterocycles. The van der Waals surface area contributed by atoms with Gasteiger partial charge in [0, 0.05) is 31.2 Å². The quantitative estimate of drug-likeness (QED) is 0.380. The number of fused-ring (bicyclic) bond motifs is 1. The Balaban J connectivity index is 1.72. The highest BCUT2D eigenvalue weighted by atomic mass is 35.5. The number of ether oxygens (including phenoxy) is 2. The van der Waals surface area contributed by atoms with E-state index in [1.807, 2.05) is 34.9 Å². The second-order valence-corrected chi connectivity index (χ2v) is 10.4. The van der Waals surface area contributed by atoms with Crippen LogP contribution in [0.15, 0.2) is 47.3 Å². The Kier molecular flexibility index (Phi) is 8.03. The number of benzene rings is 2. The van der Waals surface area contributed by atoms with Crippen LogP contribution in [0.3, 0.4) is 0 Å². The summed E-state index contributed by atoms with van der Waals surface area (Å²) in [6.07, 6.45) is 7.77. The fraction of sp³-hybridized carbons (Fsp3) is 0.517. The van der Waals surface area contributed by atoms with Gasteiger partial charge in [-0.3, -0.25) is 19.2 Å². The van der Waals surface area contributed by atoms with E-state index < -0.39 is 5.79 Å². The molecule has 3 heterocycles. The zero-order valence-electron chi connectivity index (χ0n) is 21.9. The van der Waals surface area contributed by atoms with Gasteiger partial charge < -0.3 is 9.47 Å². The molecular weight excluding hydrogens is 488 g/mol. The van der Waals surface area contributed by atoms with E-state index in [4.69, 9.17) is 26.1 Å². The van der Waals surface area contributed by atoms with Crippen molar-refractivity contribution in [1.82, 2.24) is 19.4 Å². The summed E-state index contributed by atoms with van der Waals surface area (Å²) in [6.45, 7) is 6.22. The van der Waals surface area contributed by atoms with Crippen molar-refractivity contribution >= 4 is 22.5 Å². The van der Waals surface area contributed by atoms with Crippen molar-refractivity contribution < 1.29 is 9.47 Å². The smallest absolute Gasteiger partial charge is 0.264 e. The summed E-state index contributed by atoms with van der Waals surface area (Å²) in [5.74, 6) is 1.28. The van der Waals surface area contributed by atoms with Crippen molar-refractivity contribution in [2.45, 2.75) is 64.3 Å². The lowest BCUT2D eigenvalue weighted by atomic mass is 10.0. The van der Waals surface area contributed by atoms with Crippen molar-refractivity contribution in [3.63, 3.8) is 0 Å². The van der Waals surface area contributed by atoms with Gasteiger partial charge in [0.2, 0.25) is 0 Å². The average Bonchev–Trinajstić information content (AvgIpc) is 2.95. The molecule has 198 valence electrons.